The molecule has 1 aliphatic rings. The Morgan fingerprint density at radius 1 is 1.76 bits per heavy atom. The molecule has 1 aromatic rings. The van der Waals surface area contributed by atoms with E-state index in [1.54, 1.807) is 24.0 Å². The third kappa shape index (κ3) is 2.87. The zero-order valence-electron chi connectivity index (χ0n) is 9.59. The van der Waals surface area contributed by atoms with Gasteiger partial charge in [0.15, 0.2) is 0 Å². The summed E-state index contributed by atoms with van der Waals surface area (Å²) in [4.78, 5) is 8.27. The lowest BCUT2D eigenvalue weighted by Crippen LogP contribution is -2.26. The lowest BCUT2D eigenvalue weighted by Gasteiger charge is -2.15. The van der Waals surface area contributed by atoms with Crippen molar-refractivity contribution in [1.29, 1.82) is 5.26 Å². The van der Waals surface area contributed by atoms with Crippen LogP contribution in [0.3, 0.4) is 0 Å². The number of hydrogen-bond donors (Lipinski definition) is 1. The summed E-state index contributed by atoms with van der Waals surface area (Å²) in [6.45, 7) is 3.35. The van der Waals surface area contributed by atoms with Crippen molar-refractivity contribution in [1.82, 2.24) is 15.3 Å². The zero-order chi connectivity index (χ0) is 12.1. The molecule has 1 fully saturated rings. The van der Waals surface area contributed by atoms with Gasteiger partial charge in [0.05, 0.1) is 23.7 Å². The Balaban J connectivity index is 2.18. The third-order valence-corrected chi connectivity index (χ3v) is 3.67. The van der Waals surface area contributed by atoms with Crippen LogP contribution in [0.5, 0.6) is 6.01 Å². The molecule has 6 heteroatoms. The van der Waals surface area contributed by atoms with Crippen LogP contribution in [0.1, 0.15) is 18.5 Å². The summed E-state index contributed by atoms with van der Waals surface area (Å²) in [5, 5.41) is 12.7. The molecule has 1 aromatic heterocycles. The molecule has 2 heterocycles. The molecule has 17 heavy (non-hydrogen) atoms. The number of aromatic nitrogens is 2. The van der Waals surface area contributed by atoms with E-state index in [1.807, 2.05) is 6.92 Å². The average molecular weight is 250 g/mol. The summed E-state index contributed by atoms with van der Waals surface area (Å²) in [6, 6.07) is 4.42. The lowest BCUT2D eigenvalue weighted by molar-refractivity contribution is 0.311. The van der Waals surface area contributed by atoms with Gasteiger partial charge in [0, 0.05) is 18.5 Å². The molecule has 0 aliphatic carbocycles. The highest BCUT2D eigenvalue weighted by Gasteiger charge is 2.27. The van der Waals surface area contributed by atoms with E-state index in [1.165, 1.54) is 0 Å². The molecule has 0 radical (unpaired) electrons. The molecule has 0 spiro atoms. The van der Waals surface area contributed by atoms with E-state index in [-0.39, 0.29) is 11.3 Å². The first-order valence-electron chi connectivity index (χ1n) is 5.55. The second kappa shape index (κ2) is 5.84. The van der Waals surface area contributed by atoms with Crippen LogP contribution >= 0.6 is 11.8 Å². The van der Waals surface area contributed by atoms with E-state index in [4.69, 9.17) is 4.74 Å². The minimum Gasteiger partial charge on any atom is -0.464 e. The van der Waals surface area contributed by atoms with Gasteiger partial charge in [0.2, 0.25) is 0 Å². The van der Waals surface area contributed by atoms with Gasteiger partial charge in [-0.3, -0.25) is 0 Å². The minimum atomic E-state index is -0.260. The largest absolute Gasteiger partial charge is 0.464 e. The van der Waals surface area contributed by atoms with Crippen molar-refractivity contribution in [3.8, 4) is 12.1 Å². The van der Waals surface area contributed by atoms with Gasteiger partial charge < -0.3 is 10.1 Å². The maximum absolute atomic E-state index is 9.26. The Labute approximate surface area is 105 Å². The van der Waals surface area contributed by atoms with E-state index in [0.717, 1.165) is 18.0 Å². The van der Waals surface area contributed by atoms with E-state index in [9.17, 15) is 5.26 Å². The Morgan fingerprint density at radius 3 is 3.29 bits per heavy atom. The molecule has 0 aromatic carbocycles. The number of nitriles is 1. The van der Waals surface area contributed by atoms with Gasteiger partial charge in [-0.05, 0) is 13.0 Å². The van der Waals surface area contributed by atoms with Crippen LogP contribution in [0.25, 0.3) is 0 Å². The minimum absolute atomic E-state index is 0.115. The van der Waals surface area contributed by atoms with Crippen molar-refractivity contribution >= 4 is 11.8 Å². The monoisotopic (exact) mass is 250 g/mol. The van der Waals surface area contributed by atoms with E-state index in [0.29, 0.717) is 12.6 Å². The fraction of sp³-hybridized carbons (Fsp3) is 0.545. The van der Waals surface area contributed by atoms with Crippen LogP contribution in [0.2, 0.25) is 0 Å². The highest BCUT2D eigenvalue weighted by Crippen LogP contribution is 2.28. The number of ether oxygens (including phenoxy) is 1. The summed E-state index contributed by atoms with van der Waals surface area (Å²) >= 11 is 1.75. The molecule has 2 rings (SSSR count). The van der Waals surface area contributed by atoms with Crippen LogP contribution in [-0.2, 0) is 0 Å². The first-order chi connectivity index (χ1) is 8.35. The highest BCUT2D eigenvalue weighted by molar-refractivity contribution is 8.00. The Hall–Kier alpha value is -1.32. The molecule has 2 unspecified atom stereocenters. The molecule has 0 bridgehead atoms. The molecule has 0 saturated carbocycles. The standard InChI is InChI=1S/C11H14N4OS/c1-2-16-11-14-4-3-9(15-11)8(7-12)10-13-5-6-17-10/h3-4,8,10,13H,2,5-6H2,1H3. The molecular weight excluding hydrogens is 236 g/mol. The quantitative estimate of drug-likeness (QED) is 0.864. The number of nitrogens with zero attached hydrogens (tertiary/aromatic N) is 3. The fourth-order valence-corrected chi connectivity index (χ4v) is 2.79. The Bertz CT molecular complexity index is 414. The topological polar surface area (TPSA) is 70.8 Å². The van der Waals surface area contributed by atoms with E-state index >= 15 is 0 Å². The second-order valence-corrected chi connectivity index (χ2v) is 4.80. The second-order valence-electron chi connectivity index (χ2n) is 3.55. The first kappa shape index (κ1) is 12.1. The van der Waals surface area contributed by atoms with Crippen LogP contribution in [0.15, 0.2) is 12.3 Å². The highest BCUT2D eigenvalue weighted by atomic mass is 32.2. The lowest BCUT2D eigenvalue weighted by atomic mass is 10.1. The number of thioether (sulfide) groups is 1. The normalized spacial score (nSPS) is 20.8. The number of rotatable bonds is 4. The van der Waals surface area contributed by atoms with E-state index < -0.39 is 0 Å². The van der Waals surface area contributed by atoms with Crippen molar-refractivity contribution in [2.24, 2.45) is 0 Å². The van der Waals surface area contributed by atoms with Gasteiger partial charge in [-0.1, -0.05) is 0 Å². The number of nitrogens with one attached hydrogen (secondary N) is 1. The van der Waals surface area contributed by atoms with Crippen molar-refractivity contribution < 1.29 is 4.74 Å². The molecule has 1 saturated heterocycles. The summed E-state index contributed by atoms with van der Waals surface area (Å²) in [5.74, 6) is 0.774. The molecule has 5 nitrogen and oxygen atoms in total. The summed E-state index contributed by atoms with van der Waals surface area (Å²) in [7, 11) is 0. The fourth-order valence-electron chi connectivity index (χ4n) is 1.67. The molecule has 2 atom stereocenters. The van der Waals surface area contributed by atoms with Gasteiger partial charge >= 0.3 is 6.01 Å². The van der Waals surface area contributed by atoms with Crippen molar-refractivity contribution in [2.45, 2.75) is 18.2 Å². The zero-order valence-corrected chi connectivity index (χ0v) is 10.4. The smallest absolute Gasteiger partial charge is 0.316 e. The predicted octanol–water partition coefficient (Wildman–Crippen LogP) is 1.14. The molecular formula is C11H14N4OS. The average Bonchev–Trinajstić information content (AvgIpc) is 2.85. The first-order valence-corrected chi connectivity index (χ1v) is 6.60. The van der Waals surface area contributed by atoms with Gasteiger partial charge in [0.1, 0.15) is 5.92 Å². The van der Waals surface area contributed by atoms with E-state index in [2.05, 4.69) is 21.4 Å². The molecule has 1 aliphatic heterocycles. The maximum Gasteiger partial charge on any atom is 0.316 e. The summed E-state index contributed by atoms with van der Waals surface area (Å²) < 4.78 is 5.24. The van der Waals surface area contributed by atoms with Gasteiger partial charge in [-0.25, -0.2) is 4.98 Å². The predicted molar refractivity (Wildman–Crippen MR) is 65.8 cm³/mol. The molecule has 0 amide bonds. The SMILES string of the molecule is CCOc1nccc(C(C#N)C2NCCS2)n1. The van der Waals surface area contributed by atoms with Gasteiger partial charge in [0.25, 0.3) is 0 Å². The van der Waals surface area contributed by atoms with Gasteiger partial charge in [-0.2, -0.15) is 10.2 Å². The summed E-state index contributed by atoms with van der Waals surface area (Å²) in [6.07, 6.45) is 1.64. The van der Waals surface area contributed by atoms with Crippen LogP contribution < -0.4 is 10.1 Å². The summed E-state index contributed by atoms with van der Waals surface area (Å²) in [5.41, 5.74) is 0.720. The number of hydrogen-bond acceptors (Lipinski definition) is 6. The van der Waals surface area contributed by atoms with Crippen molar-refractivity contribution in [2.75, 3.05) is 18.9 Å². The van der Waals surface area contributed by atoms with Crippen LogP contribution in [-0.4, -0.2) is 34.2 Å². The Kier molecular flexibility index (Phi) is 4.18. The third-order valence-electron chi connectivity index (χ3n) is 2.43. The Morgan fingerprint density at radius 2 is 2.65 bits per heavy atom. The molecule has 90 valence electrons. The van der Waals surface area contributed by atoms with Crippen molar-refractivity contribution in [3.05, 3.63) is 18.0 Å². The van der Waals surface area contributed by atoms with Gasteiger partial charge in [-0.15, -0.1) is 11.8 Å². The molecule has 1 N–H and O–H groups in total. The maximum atomic E-state index is 9.26. The van der Waals surface area contributed by atoms with Crippen LogP contribution in [0, 0.1) is 11.3 Å². The van der Waals surface area contributed by atoms with Crippen molar-refractivity contribution in [3.63, 3.8) is 0 Å². The van der Waals surface area contributed by atoms with Crippen LogP contribution in [0.4, 0.5) is 0 Å².